The average molecular weight is 239 g/mol. The molecule has 3 heteroatoms. The molecule has 0 radical (unpaired) electrons. The van der Waals surface area contributed by atoms with E-state index < -0.39 is 0 Å². The minimum Gasteiger partial charge on any atom is -0.496 e. The van der Waals surface area contributed by atoms with E-state index in [2.05, 4.69) is 38.6 Å². The van der Waals surface area contributed by atoms with Crippen LogP contribution in [0.3, 0.4) is 0 Å². The smallest absolute Gasteiger partial charge is 0.123 e. The Hall–Kier alpha value is -0.670. The molecule has 90 valence electrons. The second-order valence-corrected chi connectivity index (χ2v) is 4.72. The number of hydrogen-bond donors (Lipinski definition) is 2. The van der Waals surface area contributed by atoms with Crippen LogP contribution in [0, 0.1) is 0 Å². The van der Waals surface area contributed by atoms with Gasteiger partial charge in [-0.25, -0.2) is 0 Å². The Morgan fingerprint density at radius 3 is 2.56 bits per heavy atom. The molecule has 0 fully saturated rings. The zero-order valence-corrected chi connectivity index (χ0v) is 11.1. The Morgan fingerprint density at radius 1 is 1.38 bits per heavy atom. The fraction of sp³-hybridized carbons (Fsp3) is 0.538. The van der Waals surface area contributed by atoms with E-state index in [-0.39, 0.29) is 6.04 Å². The van der Waals surface area contributed by atoms with Gasteiger partial charge in [0.05, 0.1) is 7.11 Å². The van der Waals surface area contributed by atoms with Gasteiger partial charge < -0.3 is 10.5 Å². The van der Waals surface area contributed by atoms with Gasteiger partial charge >= 0.3 is 0 Å². The SMILES string of the molecule is COc1ccc(C(C)C)cc1C(N)CCS. The Balaban J connectivity index is 3.06. The van der Waals surface area contributed by atoms with Crippen LogP contribution in [0.1, 0.15) is 43.4 Å². The van der Waals surface area contributed by atoms with Gasteiger partial charge in [-0.15, -0.1) is 0 Å². The molecule has 0 heterocycles. The highest BCUT2D eigenvalue weighted by molar-refractivity contribution is 7.80. The Kier molecular flexibility index (Phi) is 5.16. The van der Waals surface area contributed by atoms with Crippen molar-refractivity contribution in [2.45, 2.75) is 32.2 Å². The summed E-state index contributed by atoms with van der Waals surface area (Å²) in [7, 11) is 1.68. The van der Waals surface area contributed by atoms with Crippen molar-refractivity contribution < 1.29 is 4.74 Å². The van der Waals surface area contributed by atoms with Crippen LogP contribution in [0.5, 0.6) is 5.75 Å². The fourth-order valence-corrected chi connectivity index (χ4v) is 1.97. The van der Waals surface area contributed by atoms with Gasteiger partial charge in [0.25, 0.3) is 0 Å². The molecule has 0 saturated heterocycles. The molecule has 1 unspecified atom stereocenters. The van der Waals surface area contributed by atoms with Crippen molar-refractivity contribution in [3.8, 4) is 5.75 Å². The summed E-state index contributed by atoms with van der Waals surface area (Å²) in [5.41, 5.74) is 8.50. The van der Waals surface area contributed by atoms with Crippen LogP contribution in [-0.2, 0) is 0 Å². The van der Waals surface area contributed by atoms with E-state index in [0.29, 0.717) is 5.92 Å². The average Bonchev–Trinajstić information content (AvgIpc) is 2.28. The highest BCUT2D eigenvalue weighted by Gasteiger charge is 2.13. The first-order valence-electron chi connectivity index (χ1n) is 5.64. The van der Waals surface area contributed by atoms with E-state index in [1.54, 1.807) is 7.11 Å². The van der Waals surface area contributed by atoms with Crippen molar-refractivity contribution in [2.24, 2.45) is 5.73 Å². The maximum Gasteiger partial charge on any atom is 0.123 e. The van der Waals surface area contributed by atoms with Gasteiger partial charge in [-0.3, -0.25) is 0 Å². The van der Waals surface area contributed by atoms with Crippen LogP contribution in [0.4, 0.5) is 0 Å². The monoisotopic (exact) mass is 239 g/mol. The first-order valence-corrected chi connectivity index (χ1v) is 6.27. The minimum atomic E-state index is 0.00569. The molecule has 1 aromatic carbocycles. The third kappa shape index (κ3) is 3.16. The first kappa shape index (κ1) is 13.4. The summed E-state index contributed by atoms with van der Waals surface area (Å²) in [5, 5.41) is 0. The summed E-state index contributed by atoms with van der Waals surface area (Å²) in [6, 6.07) is 6.26. The van der Waals surface area contributed by atoms with E-state index in [1.165, 1.54) is 5.56 Å². The number of thiol groups is 1. The second kappa shape index (κ2) is 6.16. The van der Waals surface area contributed by atoms with Crippen molar-refractivity contribution in [2.75, 3.05) is 12.9 Å². The molecule has 2 N–H and O–H groups in total. The number of methoxy groups -OCH3 is 1. The van der Waals surface area contributed by atoms with Crippen molar-refractivity contribution >= 4 is 12.6 Å². The van der Waals surface area contributed by atoms with Crippen molar-refractivity contribution in [1.29, 1.82) is 0 Å². The lowest BCUT2D eigenvalue weighted by Gasteiger charge is -2.17. The van der Waals surface area contributed by atoms with Crippen LogP contribution < -0.4 is 10.5 Å². The normalized spacial score (nSPS) is 12.9. The lowest BCUT2D eigenvalue weighted by atomic mass is 9.96. The molecule has 0 bridgehead atoms. The summed E-state index contributed by atoms with van der Waals surface area (Å²) in [4.78, 5) is 0. The summed E-state index contributed by atoms with van der Waals surface area (Å²) in [5.74, 6) is 2.17. The van der Waals surface area contributed by atoms with Gasteiger partial charge in [0.2, 0.25) is 0 Å². The molecule has 0 aliphatic rings. The topological polar surface area (TPSA) is 35.2 Å². The molecule has 0 spiro atoms. The highest BCUT2D eigenvalue weighted by atomic mass is 32.1. The number of ether oxygens (including phenoxy) is 1. The maximum atomic E-state index is 6.12. The number of nitrogens with two attached hydrogens (primary N) is 1. The van der Waals surface area contributed by atoms with Crippen molar-refractivity contribution in [3.05, 3.63) is 29.3 Å². The Bertz CT molecular complexity index is 339. The van der Waals surface area contributed by atoms with E-state index >= 15 is 0 Å². The molecule has 0 amide bonds. The molecule has 0 aromatic heterocycles. The zero-order chi connectivity index (χ0) is 12.1. The summed E-state index contributed by atoms with van der Waals surface area (Å²) >= 11 is 4.22. The highest BCUT2D eigenvalue weighted by Crippen LogP contribution is 2.29. The van der Waals surface area contributed by atoms with Crippen molar-refractivity contribution in [1.82, 2.24) is 0 Å². The van der Waals surface area contributed by atoms with Crippen LogP contribution in [-0.4, -0.2) is 12.9 Å². The maximum absolute atomic E-state index is 6.12. The molecular formula is C13H21NOS. The lowest BCUT2D eigenvalue weighted by molar-refractivity contribution is 0.405. The Labute approximate surface area is 104 Å². The third-order valence-electron chi connectivity index (χ3n) is 2.76. The quantitative estimate of drug-likeness (QED) is 0.774. The van der Waals surface area contributed by atoms with Gasteiger partial charge in [0.1, 0.15) is 5.75 Å². The first-order chi connectivity index (χ1) is 7.60. The minimum absolute atomic E-state index is 0.00569. The predicted molar refractivity (Wildman–Crippen MR) is 72.5 cm³/mol. The molecular weight excluding hydrogens is 218 g/mol. The summed E-state index contributed by atoms with van der Waals surface area (Å²) < 4.78 is 5.34. The second-order valence-electron chi connectivity index (χ2n) is 4.27. The molecule has 1 aromatic rings. The third-order valence-corrected chi connectivity index (χ3v) is 3.02. The molecule has 0 saturated carbocycles. The molecule has 0 aliphatic carbocycles. The summed E-state index contributed by atoms with van der Waals surface area (Å²) in [6.45, 7) is 4.35. The zero-order valence-electron chi connectivity index (χ0n) is 10.2. The largest absolute Gasteiger partial charge is 0.496 e. The molecule has 0 aliphatic heterocycles. The van der Waals surface area contributed by atoms with Crippen LogP contribution in [0.25, 0.3) is 0 Å². The van der Waals surface area contributed by atoms with Crippen LogP contribution >= 0.6 is 12.6 Å². The van der Waals surface area contributed by atoms with Gasteiger partial charge in [0, 0.05) is 11.6 Å². The van der Waals surface area contributed by atoms with Gasteiger partial charge in [-0.05, 0) is 29.7 Å². The van der Waals surface area contributed by atoms with E-state index in [9.17, 15) is 0 Å². The van der Waals surface area contributed by atoms with Crippen LogP contribution in [0.2, 0.25) is 0 Å². The molecule has 1 rings (SSSR count). The lowest BCUT2D eigenvalue weighted by Crippen LogP contribution is -2.12. The van der Waals surface area contributed by atoms with Gasteiger partial charge in [0.15, 0.2) is 0 Å². The molecule has 2 nitrogen and oxygen atoms in total. The number of benzene rings is 1. The van der Waals surface area contributed by atoms with Crippen molar-refractivity contribution in [3.63, 3.8) is 0 Å². The van der Waals surface area contributed by atoms with Crippen LogP contribution in [0.15, 0.2) is 18.2 Å². The standard InChI is InChI=1S/C13H21NOS/c1-9(2)10-4-5-13(15-3)11(8-10)12(14)6-7-16/h4-5,8-9,12,16H,6-7,14H2,1-3H3. The summed E-state index contributed by atoms with van der Waals surface area (Å²) in [6.07, 6.45) is 0.862. The molecule has 1 atom stereocenters. The predicted octanol–water partition coefficient (Wildman–Crippen LogP) is 3.14. The van der Waals surface area contributed by atoms with E-state index in [0.717, 1.165) is 23.5 Å². The Morgan fingerprint density at radius 2 is 2.06 bits per heavy atom. The van der Waals surface area contributed by atoms with E-state index in [4.69, 9.17) is 10.5 Å². The number of hydrogen-bond acceptors (Lipinski definition) is 3. The molecule has 16 heavy (non-hydrogen) atoms. The fourth-order valence-electron chi connectivity index (χ4n) is 1.70. The van der Waals surface area contributed by atoms with Gasteiger partial charge in [-0.1, -0.05) is 26.0 Å². The van der Waals surface area contributed by atoms with Gasteiger partial charge in [-0.2, -0.15) is 12.6 Å². The number of rotatable bonds is 5. The van der Waals surface area contributed by atoms with E-state index in [1.807, 2.05) is 6.07 Å².